The first kappa shape index (κ1) is 16.8. The monoisotopic (exact) mass is 379 g/mol. The molecular formula is C15H13N3O3S3. The maximum absolute atomic E-state index is 12.4. The SMILES string of the molecule is O=C(Nc1nccs1)c1cccc(S(=O)(=O)NCc2cccs2)c1. The molecule has 0 aliphatic carbocycles. The van der Waals surface area contributed by atoms with Crippen LogP contribution in [-0.4, -0.2) is 19.3 Å². The number of carbonyl (C=O) groups excluding carboxylic acids is 1. The maximum Gasteiger partial charge on any atom is 0.257 e. The van der Waals surface area contributed by atoms with Crippen LogP contribution in [0.4, 0.5) is 5.13 Å². The Hall–Kier alpha value is -2.07. The van der Waals surface area contributed by atoms with Crippen molar-refractivity contribution in [2.75, 3.05) is 5.32 Å². The van der Waals surface area contributed by atoms with E-state index in [-0.39, 0.29) is 17.0 Å². The number of nitrogens with zero attached hydrogens (tertiary/aromatic N) is 1. The largest absolute Gasteiger partial charge is 0.298 e. The first-order valence-electron chi connectivity index (χ1n) is 6.87. The van der Waals surface area contributed by atoms with Gasteiger partial charge in [0.2, 0.25) is 10.0 Å². The van der Waals surface area contributed by atoms with E-state index in [9.17, 15) is 13.2 Å². The number of rotatable bonds is 6. The molecule has 2 N–H and O–H groups in total. The summed E-state index contributed by atoms with van der Waals surface area (Å²) in [7, 11) is -3.69. The van der Waals surface area contributed by atoms with Crippen LogP contribution in [0.3, 0.4) is 0 Å². The van der Waals surface area contributed by atoms with E-state index in [1.165, 1.54) is 40.9 Å². The van der Waals surface area contributed by atoms with Gasteiger partial charge in [0, 0.05) is 28.6 Å². The van der Waals surface area contributed by atoms with E-state index < -0.39 is 15.9 Å². The van der Waals surface area contributed by atoms with Gasteiger partial charge in [-0.15, -0.1) is 22.7 Å². The third-order valence-electron chi connectivity index (χ3n) is 3.08. The highest BCUT2D eigenvalue weighted by Crippen LogP contribution is 2.16. The number of thiazole rings is 1. The highest BCUT2D eigenvalue weighted by atomic mass is 32.2. The lowest BCUT2D eigenvalue weighted by molar-refractivity contribution is 0.102. The molecule has 0 atom stereocenters. The number of aromatic nitrogens is 1. The molecule has 0 radical (unpaired) electrons. The molecule has 0 fully saturated rings. The number of nitrogens with one attached hydrogen (secondary N) is 2. The Bertz CT molecular complexity index is 920. The lowest BCUT2D eigenvalue weighted by atomic mass is 10.2. The van der Waals surface area contributed by atoms with Gasteiger partial charge in [-0.1, -0.05) is 12.1 Å². The second kappa shape index (κ2) is 7.22. The smallest absolute Gasteiger partial charge is 0.257 e. The zero-order valence-electron chi connectivity index (χ0n) is 12.3. The third-order valence-corrected chi connectivity index (χ3v) is 6.04. The van der Waals surface area contributed by atoms with Crippen LogP contribution in [0.15, 0.2) is 58.3 Å². The minimum Gasteiger partial charge on any atom is -0.298 e. The molecule has 9 heteroatoms. The van der Waals surface area contributed by atoms with Crippen LogP contribution in [0.5, 0.6) is 0 Å². The lowest BCUT2D eigenvalue weighted by Crippen LogP contribution is -2.23. The molecule has 2 heterocycles. The predicted octanol–water partition coefficient (Wildman–Crippen LogP) is 2.94. The zero-order chi connectivity index (χ0) is 17.0. The van der Waals surface area contributed by atoms with Crippen LogP contribution in [0, 0.1) is 0 Å². The Labute approximate surface area is 147 Å². The van der Waals surface area contributed by atoms with E-state index in [1.807, 2.05) is 17.5 Å². The van der Waals surface area contributed by atoms with Gasteiger partial charge in [-0.2, -0.15) is 0 Å². The topological polar surface area (TPSA) is 88.2 Å². The van der Waals surface area contributed by atoms with Gasteiger partial charge >= 0.3 is 0 Å². The van der Waals surface area contributed by atoms with Gasteiger partial charge in [-0.25, -0.2) is 18.1 Å². The Balaban J connectivity index is 1.75. The van der Waals surface area contributed by atoms with Crippen molar-refractivity contribution in [1.82, 2.24) is 9.71 Å². The number of amides is 1. The van der Waals surface area contributed by atoms with Crippen molar-refractivity contribution in [2.45, 2.75) is 11.4 Å². The number of thiophene rings is 1. The second-order valence-corrected chi connectivity index (χ2v) is 8.42. The zero-order valence-corrected chi connectivity index (χ0v) is 14.7. The normalized spacial score (nSPS) is 11.3. The van der Waals surface area contributed by atoms with Crippen LogP contribution in [-0.2, 0) is 16.6 Å². The standard InChI is InChI=1S/C15H13N3O3S3/c19-14(18-15-16-6-8-23-15)11-3-1-5-13(9-11)24(20,21)17-10-12-4-2-7-22-12/h1-9,17H,10H2,(H,16,18,19). The Morgan fingerprint density at radius 3 is 2.71 bits per heavy atom. The molecule has 1 aromatic carbocycles. The molecule has 2 aromatic heterocycles. The van der Waals surface area contributed by atoms with E-state index in [4.69, 9.17) is 0 Å². The Morgan fingerprint density at radius 2 is 2.00 bits per heavy atom. The average molecular weight is 379 g/mol. The molecule has 1 amide bonds. The highest BCUT2D eigenvalue weighted by Gasteiger charge is 2.16. The second-order valence-electron chi connectivity index (χ2n) is 4.72. The van der Waals surface area contributed by atoms with E-state index in [1.54, 1.807) is 17.6 Å². The summed E-state index contributed by atoms with van der Waals surface area (Å²) in [5, 5.41) is 6.71. The molecule has 3 rings (SSSR count). The van der Waals surface area contributed by atoms with Crippen molar-refractivity contribution in [1.29, 1.82) is 0 Å². The fourth-order valence-corrected chi connectivity index (χ4v) is 4.23. The summed E-state index contributed by atoms with van der Waals surface area (Å²) < 4.78 is 27.3. The van der Waals surface area contributed by atoms with Gasteiger partial charge in [0.15, 0.2) is 5.13 Å². The van der Waals surface area contributed by atoms with Crippen LogP contribution in [0.1, 0.15) is 15.2 Å². The first-order valence-corrected chi connectivity index (χ1v) is 10.1. The van der Waals surface area contributed by atoms with Gasteiger partial charge in [0.05, 0.1) is 4.90 Å². The number of sulfonamides is 1. The van der Waals surface area contributed by atoms with Crippen molar-refractivity contribution < 1.29 is 13.2 Å². The fourth-order valence-electron chi connectivity index (χ4n) is 1.92. The lowest BCUT2D eigenvalue weighted by Gasteiger charge is -2.07. The van der Waals surface area contributed by atoms with Crippen molar-refractivity contribution in [3.8, 4) is 0 Å². The Morgan fingerprint density at radius 1 is 1.12 bits per heavy atom. The Kier molecular flexibility index (Phi) is 5.05. The van der Waals surface area contributed by atoms with Crippen molar-refractivity contribution in [3.05, 3.63) is 63.8 Å². The van der Waals surface area contributed by atoms with E-state index in [0.717, 1.165) is 4.88 Å². The van der Waals surface area contributed by atoms with Crippen LogP contribution in [0.25, 0.3) is 0 Å². The van der Waals surface area contributed by atoms with Gasteiger partial charge in [0.1, 0.15) is 0 Å². The predicted molar refractivity (Wildman–Crippen MR) is 94.9 cm³/mol. The minimum atomic E-state index is -3.69. The molecule has 0 saturated carbocycles. The van der Waals surface area contributed by atoms with E-state index >= 15 is 0 Å². The van der Waals surface area contributed by atoms with E-state index in [2.05, 4.69) is 15.0 Å². The number of carbonyl (C=O) groups is 1. The van der Waals surface area contributed by atoms with Gasteiger partial charge in [0.25, 0.3) is 5.91 Å². The van der Waals surface area contributed by atoms with Crippen LogP contribution in [0.2, 0.25) is 0 Å². The average Bonchev–Trinajstić information content (AvgIpc) is 3.27. The van der Waals surface area contributed by atoms with Crippen LogP contribution < -0.4 is 10.0 Å². The molecule has 3 aromatic rings. The molecule has 0 aliphatic heterocycles. The molecular weight excluding hydrogens is 366 g/mol. The summed E-state index contributed by atoms with van der Waals surface area (Å²) in [6.07, 6.45) is 1.58. The fraction of sp³-hybridized carbons (Fsp3) is 0.0667. The first-order chi connectivity index (χ1) is 11.5. The molecule has 124 valence electrons. The number of hydrogen-bond donors (Lipinski definition) is 2. The molecule has 0 bridgehead atoms. The van der Waals surface area contributed by atoms with E-state index in [0.29, 0.717) is 5.13 Å². The molecule has 0 saturated heterocycles. The number of hydrogen-bond acceptors (Lipinski definition) is 6. The highest BCUT2D eigenvalue weighted by molar-refractivity contribution is 7.89. The summed E-state index contributed by atoms with van der Waals surface area (Å²) in [5.41, 5.74) is 0.254. The molecule has 0 unspecified atom stereocenters. The van der Waals surface area contributed by atoms with Crippen molar-refractivity contribution >= 4 is 43.7 Å². The van der Waals surface area contributed by atoms with Gasteiger partial charge in [-0.05, 0) is 29.6 Å². The van der Waals surface area contributed by atoms with Crippen molar-refractivity contribution in [3.63, 3.8) is 0 Å². The summed E-state index contributed by atoms with van der Waals surface area (Å²) in [6, 6.07) is 9.61. The van der Waals surface area contributed by atoms with Crippen LogP contribution >= 0.6 is 22.7 Å². The quantitative estimate of drug-likeness (QED) is 0.689. The summed E-state index contributed by atoms with van der Waals surface area (Å²) in [5.74, 6) is -0.403. The van der Waals surface area contributed by atoms with Gasteiger partial charge in [-0.3, -0.25) is 10.1 Å². The maximum atomic E-state index is 12.4. The molecule has 24 heavy (non-hydrogen) atoms. The van der Waals surface area contributed by atoms with Gasteiger partial charge < -0.3 is 0 Å². The van der Waals surface area contributed by atoms with Crippen molar-refractivity contribution in [2.24, 2.45) is 0 Å². The minimum absolute atomic E-state index is 0.0471. The summed E-state index contributed by atoms with van der Waals surface area (Å²) >= 11 is 2.76. The summed E-state index contributed by atoms with van der Waals surface area (Å²) in [4.78, 5) is 17.1. The molecule has 0 spiro atoms. The molecule has 0 aliphatic rings. The number of anilines is 1. The number of benzene rings is 1. The third kappa shape index (κ3) is 4.06. The summed E-state index contributed by atoms with van der Waals surface area (Å²) in [6.45, 7) is 0.218. The molecule has 6 nitrogen and oxygen atoms in total.